The van der Waals surface area contributed by atoms with Crippen LogP contribution >= 0.6 is 35.3 Å². The summed E-state index contributed by atoms with van der Waals surface area (Å²) in [5, 5.41) is 8.93. The normalized spacial score (nSPS) is 16.6. The fourth-order valence-electron chi connectivity index (χ4n) is 2.93. The van der Waals surface area contributed by atoms with Gasteiger partial charge in [-0.1, -0.05) is 6.07 Å². The summed E-state index contributed by atoms with van der Waals surface area (Å²) in [4.78, 5) is 5.96. The van der Waals surface area contributed by atoms with Crippen LogP contribution in [0.2, 0.25) is 0 Å². The van der Waals surface area contributed by atoms with E-state index in [0.717, 1.165) is 50.7 Å². The highest BCUT2D eigenvalue weighted by Gasteiger charge is 2.32. The molecule has 2 N–H and O–H groups in total. The van der Waals surface area contributed by atoms with Crippen LogP contribution in [0.3, 0.4) is 0 Å². The van der Waals surface area contributed by atoms with Gasteiger partial charge in [-0.25, -0.2) is 4.99 Å². The van der Waals surface area contributed by atoms with Crippen LogP contribution < -0.4 is 10.6 Å². The van der Waals surface area contributed by atoms with E-state index >= 15 is 0 Å². The zero-order valence-corrected chi connectivity index (χ0v) is 18.8. The van der Waals surface area contributed by atoms with Gasteiger partial charge in [0.15, 0.2) is 5.96 Å². The van der Waals surface area contributed by atoms with E-state index in [9.17, 15) is 0 Å². The summed E-state index contributed by atoms with van der Waals surface area (Å²) in [7, 11) is 1.78. The molecule has 150 valence electrons. The third-order valence-electron chi connectivity index (χ3n) is 4.63. The summed E-state index contributed by atoms with van der Waals surface area (Å²) in [6.07, 6.45) is 4.30. The third-order valence-corrected chi connectivity index (χ3v) is 5.49. The summed E-state index contributed by atoms with van der Waals surface area (Å²) < 4.78 is 16.7. The number of methoxy groups -OCH3 is 1. The number of thiophene rings is 1. The number of hydrogen-bond donors (Lipinski definition) is 2. The van der Waals surface area contributed by atoms with E-state index in [2.05, 4.69) is 28.1 Å². The summed E-state index contributed by atoms with van der Waals surface area (Å²) in [6.45, 7) is 3.61. The van der Waals surface area contributed by atoms with Gasteiger partial charge in [-0.05, 0) is 23.6 Å². The molecule has 1 aliphatic heterocycles. The second-order valence-electron chi connectivity index (χ2n) is 6.35. The van der Waals surface area contributed by atoms with Crippen molar-refractivity contribution in [3.63, 3.8) is 0 Å². The molecule has 0 radical (unpaired) electrons. The van der Waals surface area contributed by atoms with E-state index in [1.54, 1.807) is 24.7 Å². The smallest absolute Gasteiger partial charge is 0.191 e. The highest BCUT2D eigenvalue weighted by atomic mass is 127. The highest BCUT2D eigenvalue weighted by molar-refractivity contribution is 14.0. The van der Waals surface area contributed by atoms with Crippen LogP contribution in [0.15, 0.2) is 45.3 Å². The van der Waals surface area contributed by atoms with Gasteiger partial charge in [0.25, 0.3) is 0 Å². The zero-order valence-electron chi connectivity index (χ0n) is 15.6. The summed E-state index contributed by atoms with van der Waals surface area (Å²) in [5.74, 6) is 1.76. The molecule has 0 aromatic carbocycles. The predicted molar refractivity (Wildman–Crippen MR) is 119 cm³/mol. The molecule has 1 aliphatic rings. The molecule has 1 saturated heterocycles. The molecule has 2 aromatic rings. The second kappa shape index (κ2) is 11.7. The molecule has 0 amide bonds. The monoisotopic (exact) mass is 505 g/mol. The van der Waals surface area contributed by atoms with Gasteiger partial charge in [0.05, 0.1) is 18.4 Å². The van der Waals surface area contributed by atoms with Crippen LogP contribution in [0, 0.1) is 0 Å². The molecule has 8 heteroatoms. The Balaban J connectivity index is 0.00000261. The van der Waals surface area contributed by atoms with Gasteiger partial charge in [0, 0.05) is 57.6 Å². The van der Waals surface area contributed by atoms with E-state index in [4.69, 9.17) is 18.9 Å². The largest absolute Gasteiger partial charge is 0.469 e. The number of nitrogens with zero attached hydrogens (tertiary/aromatic N) is 1. The zero-order chi connectivity index (χ0) is 18.1. The Morgan fingerprint density at radius 3 is 2.78 bits per heavy atom. The van der Waals surface area contributed by atoms with Crippen LogP contribution in [0.5, 0.6) is 0 Å². The maximum absolute atomic E-state index is 5.80. The molecule has 0 bridgehead atoms. The van der Waals surface area contributed by atoms with Gasteiger partial charge in [-0.2, -0.15) is 0 Å². The van der Waals surface area contributed by atoms with Crippen LogP contribution in [0.4, 0.5) is 0 Å². The fourth-order valence-corrected chi connectivity index (χ4v) is 3.56. The topological polar surface area (TPSA) is 68.0 Å². The Morgan fingerprint density at radius 2 is 2.11 bits per heavy atom. The van der Waals surface area contributed by atoms with Gasteiger partial charge < -0.3 is 24.5 Å². The van der Waals surface area contributed by atoms with Crippen molar-refractivity contribution in [1.29, 1.82) is 0 Å². The fraction of sp³-hybridized carbons (Fsp3) is 0.526. The molecular formula is C19H28IN3O3S. The minimum Gasteiger partial charge on any atom is -0.469 e. The average molecular weight is 505 g/mol. The maximum atomic E-state index is 5.80. The first-order valence-corrected chi connectivity index (χ1v) is 9.87. The van der Waals surface area contributed by atoms with Crippen molar-refractivity contribution in [2.75, 3.05) is 33.4 Å². The first-order valence-electron chi connectivity index (χ1n) is 8.99. The van der Waals surface area contributed by atoms with Gasteiger partial charge in [-0.15, -0.1) is 35.3 Å². The molecule has 0 atom stereocenters. The van der Waals surface area contributed by atoms with E-state index in [1.165, 1.54) is 4.88 Å². The quantitative estimate of drug-likeness (QED) is 0.327. The lowest BCUT2D eigenvalue weighted by atomic mass is 9.94. The van der Waals surface area contributed by atoms with E-state index in [1.807, 2.05) is 12.1 Å². The van der Waals surface area contributed by atoms with Crippen molar-refractivity contribution in [2.24, 2.45) is 4.99 Å². The van der Waals surface area contributed by atoms with Gasteiger partial charge in [-0.3, -0.25) is 0 Å². The lowest BCUT2D eigenvalue weighted by Gasteiger charge is -2.36. The molecule has 3 heterocycles. The van der Waals surface area contributed by atoms with Crippen molar-refractivity contribution in [3.8, 4) is 0 Å². The lowest BCUT2D eigenvalue weighted by molar-refractivity contribution is -0.0855. The number of hydrogen-bond acceptors (Lipinski definition) is 5. The number of ether oxygens (including phenoxy) is 2. The molecule has 3 rings (SSSR count). The van der Waals surface area contributed by atoms with E-state index in [0.29, 0.717) is 13.1 Å². The van der Waals surface area contributed by atoms with Crippen LogP contribution in [0.1, 0.15) is 23.5 Å². The molecule has 0 aliphatic carbocycles. The van der Waals surface area contributed by atoms with Crippen LogP contribution in [0.25, 0.3) is 0 Å². The number of aliphatic imine (C=N–C) groups is 1. The molecule has 0 saturated carbocycles. The number of halogens is 1. The van der Waals surface area contributed by atoms with Crippen LogP contribution in [-0.2, 0) is 22.4 Å². The number of furan rings is 1. The van der Waals surface area contributed by atoms with Crippen molar-refractivity contribution in [2.45, 2.75) is 31.4 Å². The van der Waals surface area contributed by atoms with E-state index < -0.39 is 0 Å². The number of guanidine groups is 1. The molecule has 27 heavy (non-hydrogen) atoms. The minimum atomic E-state index is -0.190. The summed E-state index contributed by atoms with van der Waals surface area (Å²) in [6, 6.07) is 8.05. The van der Waals surface area contributed by atoms with E-state index in [-0.39, 0.29) is 29.6 Å². The molecule has 6 nitrogen and oxygen atoms in total. The molecule has 2 aromatic heterocycles. The maximum Gasteiger partial charge on any atom is 0.191 e. The Morgan fingerprint density at radius 1 is 1.26 bits per heavy atom. The summed E-state index contributed by atoms with van der Waals surface area (Å²) >= 11 is 1.72. The van der Waals surface area contributed by atoms with Gasteiger partial charge >= 0.3 is 0 Å². The number of nitrogens with one attached hydrogen (secondary N) is 2. The average Bonchev–Trinajstić information content (AvgIpc) is 3.38. The molecular weight excluding hydrogens is 477 g/mol. The Labute approximate surface area is 181 Å². The Kier molecular flexibility index (Phi) is 9.60. The standard InChI is InChI=1S/C19H27N3O3S.HI/c1-23-19(7-11-24-12-8-19)15-22-18(21-14-17-5-3-13-26-17)20-9-6-16-4-2-10-25-16;/h2-5,10,13H,6-9,11-12,14-15H2,1H3,(H2,20,21,22);1H. The predicted octanol–water partition coefficient (Wildman–Crippen LogP) is 3.43. The first kappa shape index (κ1) is 22.2. The van der Waals surface area contributed by atoms with Crippen LogP contribution in [-0.4, -0.2) is 45.0 Å². The summed E-state index contributed by atoms with van der Waals surface area (Å²) in [5.41, 5.74) is -0.190. The molecule has 0 spiro atoms. The first-order chi connectivity index (χ1) is 12.8. The molecule has 0 unspecified atom stereocenters. The second-order valence-corrected chi connectivity index (χ2v) is 7.39. The lowest BCUT2D eigenvalue weighted by Crippen LogP contribution is -2.51. The Bertz CT molecular complexity index is 656. The minimum absolute atomic E-state index is 0. The highest BCUT2D eigenvalue weighted by Crippen LogP contribution is 2.23. The number of rotatable bonds is 8. The van der Waals surface area contributed by atoms with Gasteiger partial charge in [0.2, 0.25) is 0 Å². The Hall–Kier alpha value is -1.10. The third kappa shape index (κ3) is 7.10. The van der Waals surface area contributed by atoms with Crippen molar-refractivity contribution >= 4 is 41.3 Å². The van der Waals surface area contributed by atoms with Crippen molar-refractivity contribution in [1.82, 2.24) is 10.6 Å². The molecule has 1 fully saturated rings. The SMILES string of the molecule is COC1(CNC(=NCc2cccs2)NCCc2ccco2)CCOCC1.I. The van der Waals surface area contributed by atoms with Gasteiger partial charge in [0.1, 0.15) is 5.76 Å². The van der Waals surface area contributed by atoms with Crippen molar-refractivity contribution < 1.29 is 13.9 Å². The van der Waals surface area contributed by atoms with Crippen molar-refractivity contribution in [3.05, 3.63) is 46.5 Å².